The van der Waals surface area contributed by atoms with Crippen LogP contribution in [0.15, 0.2) is 30.5 Å². The zero-order valence-electron chi connectivity index (χ0n) is 17.1. The Hall–Kier alpha value is -3.52. The van der Waals surface area contributed by atoms with E-state index in [1.54, 1.807) is 0 Å². The van der Waals surface area contributed by atoms with Crippen molar-refractivity contribution in [3.8, 4) is 17.0 Å². The van der Waals surface area contributed by atoms with Gasteiger partial charge in [0, 0.05) is 18.3 Å². The molecule has 0 spiro atoms. The van der Waals surface area contributed by atoms with Crippen molar-refractivity contribution in [2.45, 2.75) is 20.0 Å². The third-order valence-corrected chi connectivity index (χ3v) is 5.21. The highest BCUT2D eigenvalue weighted by Crippen LogP contribution is 2.30. The minimum absolute atomic E-state index is 0.170. The Kier molecular flexibility index (Phi) is 4.55. The lowest BCUT2D eigenvalue weighted by Gasteiger charge is -2.16. The van der Waals surface area contributed by atoms with E-state index in [0.717, 1.165) is 45.1 Å². The van der Waals surface area contributed by atoms with Gasteiger partial charge in [-0.3, -0.25) is 9.78 Å². The minimum atomic E-state index is -0.170. The van der Waals surface area contributed by atoms with Gasteiger partial charge in [-0.25, -0.2) is 9.97 Å². The summed E-state index contributed by atoms with van der Waals surface area (Å²) in [6, 6.07) is 7.83. The number of pyridine rings is 2. The standard InChI is InChI=1S/C22H22N6O2/c1-13-4-9-20-17(24-13)6-8-19-21-18(26-27-19)7-5-16(25-21)15-12-23-28(3)22(15)14(2)29-10-11-30-20/h4-9,12,14H,10-11H2,1-3H3,(H,26,27)/b8-6+/t14-/m1/s1. The van der Waals surface area contributed by atoms with E-state index in [1.807, 2.05) is 68.2 Å². The molecule has 0 fully saturated rings. The third-order valence-electron chi connectivity index (χ3n) is 5.21. The molecule has 0 amide bonds. The van der Waals surface area contributed by atoms with Crippen LogP contribution in [-0.2, 0) is 11.8 Å². The maximum absolute atomic E-state index is 6.06. The van der Waals surface area contributed by atoms with E-state index < -0.39 is 0 Å². The first-order valence-electron chi connectivity index (χ1n) is 9.87. The van der Waals surface area contributed by atoms with Crippen LogP contribution in [0.3, 0.4) is 0 Å². The van der Waals surface area contributed by atoms with Gasteiger partial charge in [0.1, 0.15) is 29.3 Å². The molecule has 0 saturated carbocycles. The van der Waals surface area contributed by atoms with E-state index in [-0.39, 0.29) is 6.10 Å². The molecular weight excluding hydrogens is 380 g/mol. The number of nitrogens with one attached hydrogen (secondary N) is 1. The van der Waals surface area contributed by atoms with Crippen molar-refractivity contribution in [3.05, 3.63) is 53.2 Å². The van der Waals surface area contributed by atoms with Crippen molar-refractivity contribution >= 4 is 23.2 Å². The highest BCUT2D eigenvalue weighted by Gasteiger charge is 2.20. The topological polar surface area (TPSA) is 90.7 Å². The first-order chi connectivity index (χ1) is 14.6. The molecule has 0 radical (unpaired) electrons. The number of fused-ring (bicyclic) bond motifs is 4. The molecule has 1 aliphatic heterocycles. The van der Waals surface area contributed by atoms with Crippen LogP contribution < -0.4 is 4.74 Å². The van der Waals surface area contributed by atoms with Crippen LogP contribution in [-0.4, -0.2) is 43.2 Å². The molecular formula is C22H22N6O2. The van der Waals surface area contributed by atoms with Gasteiger partial charge < -0.3 is 9.47 Å². The van der Waals surface area contributed by atoms with Crippen molar-refractivity contribution in [1.82, 2.24) is 29.9 Å². The van der Waals surface area contributed by atoms with E-state index in [4.69, 9.17) is 14.5 Å². The van der Waals surface area contributed by atoms with Gasteiger partial charge in [0.05, 0.1) is 35.8 Å². The third kappa shape index (κ3) is 3.25. The van der Waals surface area contributed by atoms with Crippen molar-refractivity contribution < 1.29 is 9.47 Å². The normalized spacial score (nSPS) is 17.6. The summed E-state index contributed by atoms with van der Waals surface area (Å²) in [4.78, 5) is 9.49. The molecule has 1 N–H and O–H groups in total. The van der Waals surface area contributed by atoms with Crippen molar-refractivity contribution in [2.24, 2.45) is 7.05 Å². The molecule has 0 aliphatic carbocycles. The van der Waals surface area contributed by atoms with Gasteiger partial charge in [0.2, 0.25) is 0 Å². The highest BCUT2D eigenvalue weighted by molar-refractivity contribution is 5.88. The fourth-order valence-electron chi connectivity index (χ4n) is 3.73. The summed E-state index contributed by atoms with van der Waals surface area (Å²) in [5.74, 6) is 0.706. The summed E-state index contributed by atoms with van der Waals surface area (Å²) >= 11 is 0. The van der Waals surface area contributed by atoms with Gasteiger partial charge >= 0.3 is 0 Å². The van der Waals surface area contributed by atoms with Crippen LogP contribution in [0.4, 0.5) is 0 Å². The molecule has 4 aromatic rings. The van der Waals surface area contributed by atoms with Crippen LogP contribution in [0.25, 0.3) is 34.4 Å². The molecule has 0 saturated heterocycles. The summed E-state index contributed by atoms with van der Waals surface area (Å²) in [5, 5.41) is 11.9. The Labute approximate surface area is 173 Å². The predicted octanol–water partition coefficient (Wildman–Crippen LogP) is 3.70. The number of aromatic amines is 1. The predicted molar refractivity (Wildman–Crippen MR) is 114 cm³/mol. The Morgan fingerprint density at radius 1 is 1.07 bits per heavy atom. The molecule has 30 heavy (non-hydrogen) atoms. The molecule has 8 nitrogen and oxygen atoms in total. The Balaban J connectivity index is 1.68. The van der Waals surface area contributed by atoms with Gasteiger partial charge in [-0.15, -0.1) is 0 Å². The maximum Gasteiger partial charge on any atom is 0.145 e. The summed E-state index contributed by atoms with van der Waals surface area (Å²) in [6.45, 7) is 4.83. The number of aryl methyl sites for hydroxylation is 2. The Morgan fingerprint density at radius 3 is 2.83 bits per heavy atom. The van der Waals surface area contributed by atoms with Gasteiger partial charge in [-0.1, -0.05) is 0 Å². The van der Waals surface area contributed by atoms with E-state index in [2.05, 4.69) is 20.3 Å². The molecule has 152 valence electrons. The lowest BCUT2D eigenvalue weighted by molar-refractivity contribution is 0.0396. The molecule has 2 bridgehead atoms. The first kappa shape index (κ1) is 18.5. The lowest BCUT2D eigenvalue weighted by atomic mass is 10.1. The monoisotopic (exact) mass is 402 g/mol. The van der Waals surface area contributed by atoms with Crippen LogP contribution in [0.1, 0.15) is 35.8 Å². The first-order valence-corrected chi connectivity index (χ1v) is 9.87. The molecule has 8 heteroatoms. The fraction of sp³-hybridized carbons (Fsp3) is 0.273. The fourth-order valence-corrected chi connectivity index (χ4v) is 3.73. The molecule has 0 unspecified atom stereocenters. The maximum atomic E-state index is 6.06. The molecule has 5 rings (SSSR count). The highest BCUT2D eigenvalue weighted by atomic mass is 16.5. The van der Waals surface area contributed by atoms with Crippen LogP contribution in [0, 0.1) is 6.92 Å². The number of nitrogens with zero attached hydrogens (tertiary/aromatic N) is 5. The van der Waals surface area contributed by atoms with Crippen molar-refractivity contribution in [3.63, 3.8) is 0 Å². The number of ether oxygens (including phenoxy) is 2. The number of H-pyrrole nitrogens is 1. The van der Waals surface area contributed by atoms with E-state index in [9.17, 15) is 0 Å². The smallest absolute Gasteiger partial charge is 0.145 e. The minimum Gasteiger partial charge on any atom is -0.489 e. The van der Waals surface area contributed by atoms with Gasteiger partial charge in [0.25, 0.3) is 0 Å². The number of hydrogen-bond acceptors (Lipinski definition) is 6. The lowest BCUT2D eigenvalue weighted by Crippen LogP contribution is -2.13. The van der Waals surface area contributed by atoms with Crippen molar-refractivity contribution in [2.75, 3.05) is 13.2 Å². The second-order valence-electron chi connectivity index (χ2n) is 7.30. The molecule has 1 atom stereocenters. The summed E-state index contributed by atoms with van der Waals surface area (Å²) < 4.78 is 13.9. The van der Waals surface area contributed by atoms with Crippen molar-refractivity contribution in [1.29, 1.82) is 0 Å². The summed E-state index contributed by atoms with van der Waals surface area (Å²) in [7, 11) is 1.91. The molecule has 5 heterocycles. The van der Waals surface area contributed by atoms with Crippen LogP contribution in [0.5, 0.6) is 5.75 Å². The quantitative estimate of drug-likeness (QED) is 0.482. The van der Waals surface area contributed by atoms with E-state index >= 15 is 0 Å². The second-order valence-corrected chi connectivity index (χ2v) is 7.30. The zero-order valence-corrected chi connectivity index (χ0v) is 17.1. The molecule has 4 aromatic heterocycles. The zero-order chi connectivity index (χ0) is 20.7. The molecule has 0 aromatic carbocycles. The van der Waals surface area contributed by atoms with E-state index in [0.29, 0.717) is 19.0 Å². The van der Waals surface area contributed by atoms with Gasteiger partial charge in [-0.2, -0.15) is 10.2 Å². The Bertz CT molecular complexity index is 1260. The SMILES string of the molecule is Cc1ccc2c(n1)/C=C/c1n[nH]c3ccc(nc13)-c1cnn(C)c1[C@@H](C)OCCO2. The summed E-state index contributed by atoms with van der Waals surface area (Å²) in [6.07, 6.45) is 5.48. The average molecular weight is 402 g/mol. The van der Waals surface area contributed by atoms with Gasteiger partial charge in [-0.05, 0) is 50.3 Å². The average Bonchev–Trinajstić information content (AvgIpc) is 3.32. The second kappa shape index (κ2) is 7.38. The van der Waals surface area contributed by atoms with Crippen LogP contribution in [0.2, 0.25) is 0 Å². The van der Waals surface area contributed by atoms with E-state index in [1.165, 1.54) is 0 Å². The Morgan fingerprint density at radius 2 is 1.93 bits per heavy atom. The molecule has 1 aliphatic rings. The number of rotatable bonds is 0. The largest absolute Gasteiger partial charge is 0.489 e. The number of hydrogen-bond donors (Lipinski definition) is 1. The van der Waals surface area contributed by atoms with Crippen LogP contribution >= 0.6 is 0 Å². The number of aromatic nitrogens is 6. The summed E-state index contributed by atoms with van der Waals surface area (Å²) in [5.41, 5.74) is 6.80. The van der Waals surface area contributed by atoms with Gasteiger partial charge in [0.15, 0.2) is 0 Å².